The minimum atomic E-state index is -0.801. The molecule has 2 aromatic rings. The average molecular weight is 418 g/mol. The van der Waals surface area contributed by atoms with Gasteiger partial charge >= 0.3 is 0 Å². The summed E-state index contributed by atoms with van der Waals surface area (Å²) in [5, 5.41) is 11.4. The van der Waals surface area contributed by atoms with Crippen LogP contribution < -0.4 is 15.0 Å². The van der Waals surface area contributed by atoms with Crippen molar-refractivity contribution < 1.29 is 14.3 Å². The summed E-state index contributed by atoms with van der Waals surface area (Å²) in [6.07, 6.45) is 0.697. The first-order chi connectivity index (χ1) is 15.0. The maximum absolute atomic E-state index is 13.0. The summed E-state index contributed by atoms with van der Waals surface area (Å²) < 4.78 is 5.78. The second-order valence-corrected chi connectivity index (χ2v) is 8.02. The summed E-state index contributed by atoms with van der Waals surface area (Å²) in [4.78, 5) is 27.4. The number of likely N-dealkylation sites (N-methyl/N-ethyl adjacent to an activating group) is 1. The van der Waals surface area contributed by atoms with Gasteiger partial charge in [-0.1, -0.05) is 56.3 Å². The van der Waals surface area contributed by atoms with Crippen molar-refractivity contribution in [3.63, 3.8) is 0 Å². The number of amides is 2. The largest absolute Gasteiger partial charge is 0.489 e. The zero-order chi connectivity index (χ0) is 22.0. The molecule has 31 heavy (non-hydrogen) atoms. The van der Waals surface area contributed by atoms with E-state index in [1.807, 2.05) is 43.3 Å². The molecule has 0 aromatic heterocycles. The van der Waals surface area contributed by atoms with Crippen LogP contribution in [0.25, 0.3) is 0 Å². The van der Waals surface area contributed by atoms with Gasteiger partial charge in [-0.05, 0) is 17.7 Å². The second kappa shape index (κ2) is 8.71. The van der Waals surface area contributed by atoms with Crippen LogP contribution in [0, 0.1) is 11.8 Å². The molecule has 0 spiro atoms. The summed E-state index contributed by atoms with van der Waals surface area (Å²) in [6, 6.07) is 16.6. The Morgan fingerprint density at radius 1 is 1.06 bits per heavy atom. The van der Waals surface area contributed by atoms with Crippen molar-refractivity contribution in [2.24, 2.45) is 22.0 Å². The molecule has 0 fully saturated rings. The van der Waals surface area contributed by atoms with Gasteiger partial charge < -0.3 is 15.0 Å². The molecule has 7 heteroatoms. The second-order valence-electron chi connectivity index (χ2n) is 8.02. The van der Waals surface area contributed by atoms with Gasteiger partial charge in [0.05, 0.1) is 5.69 Å². The lowest BCUT2D eigenvalue weighted by Crippen LogP contribution is -2.52. The van der Waals surface area contributed by atoms with E-state index in [2.05, 4.69) is 34.6 Å². The van der Waals surface area contributed by atoms with E-state index in [9.17, 15) is 9.59 Å². The molecule has 0 aliphatic carbocycles. The van der Waals surface area contributed by atoms with E-state index in [-0.39, 0.29) is 30.3 Å². The Labute approximate surface area is 181 Å². The molecule has 2 aromatic carbocycles. The molecule has 2 heterocycles. The summed E-state index contributed by atoms with van der Waals surface area (Å²) in [6.45, 7) is 4.08. The number of fused-ring (bicyclic) bond motifs is 1. The predicted octanol–water partition coefficient (Wildman–Crippen LogP) is 2.85. The van der Waals surface area contributed by atoms with Crippen molar-refractivity contribution in [1.82, 2.24) is 5.32 Å². The summed E-state index contributed by atoms with van der Waals surface area (Å²) >= 11 is 0. The minimum absolute atomic E-state index is 0.0612. The Balaban J connectivity index is 1.49. The SMILES string of the molecule is CC1C(Cc2ccccc2)=NN=C(C(=O)N[C@H]2COc3ccccc3N(C)C2=O)[C@H]1C. The van der Waals surface area contributed by atoms with E-state index in [0.717, 1.165) is 11.3 Å². The number of para-hydroxylation sites is 2. The molecule has 1 unspecified atom stereocenters. The van der Waals surface area contributed by atoms with Crippen LogP contribution in [0.5, 0.6) is 5.75 Å². The summed E-state index contributed by atoms with van der Waals surface area (Å²) in [5.41, 5.74) is 3.12. The van der Waals surface area contributed by atoms with Crippen LogP contribution >= 0.6 is 0 Å². The van der Waals surface area contributed by atoms with Crippen LogP contribution in [0.1, 0.15) is 19.4 Å². The maximum atomic E-state index is 13.0. The van der Waals surface area contributed by atoms with E-state index in [0.29, 0.717) is 23.6 Å². The highest BCUT2D eigenvalue weighted by Crippen LogP contribution is 2.30. The van der Waals surface area contributed by atoms with E-state index in [1.165, 1.54) is 4.90 Å². The van der Waals surface area contributed by atoms with Gasteiger partial charge in [-0.25, -0.2) is 0 Å². The minimum Gasteiger partial charge on any atom is -0.489 e. The third-order valence-corrected chi connectivity index (χ3v) is 6.02. The van der Waals surface area contributed by atoms with Crippen LogP contribution in [0.15, 0.2) is 64.8 Å². The maximum Gasteiger partial charge on any atom is 0.268 e. The van der Waals surface area contributed by atoms with Crippen molar-refractivity contribution in [3.8, 4) is 5.75 Å². The summed E-state index contributed by atoms with van der Waals surface area (Å²) in [5.74, 6) is -0.0616. The molecule has 2 aliphatic rings. The molecule has 2 aliphatic heterocycles. The Bertz CT molecular complexity index is 1050. The average Bonchev–Trinajstić information content (AvgIpc) is 2.90. The monoisotopic (exact) mass is 418 g/mol. The number of anilines is 1. The number of carbonyl (C=O) groups excluding carboxylic acids is 2. The number of rotatable bonds is 4. The lowest BCUT2D eigenvalue weighted by atomic mass is 9.84. The fraction of sp³-hybridized carbons (Fsp3) is 0.333. The van der Waals surface area contributed by atoms with Crippen LogP contribution in [0.3, 0.4) is 0 Å². The first kappa shape index (κ1) is 20.8. The van der Waals surface area contributed by atoms with Gasteiger partial charge in [-0.3, -0.25) is 9.59 Å². The fourth-order valence-corrected chi connectivity index (χ4v) is 3.87. The van der Waals surface area contributed by atoms with Crippen molar-refractivity contribution in [1.29, 1.82) is 0 Å². The molecule has 1 N–H and O–H groups in total. The molecular weight excluding hydrogens is 392 g/mol. The Kier molecular flexibility index (Phi) is 5.84. The van der Waals surface area contributed by atoms with Gasteiger partial charge in [0.2, 0.25) is 0 Å². The number of benzene rings is 2. The van der Waals surface area contributed by atoms with E-state index in [1.54, 1.807) is 13.1 Å². The van der Waals surface area contributed by atoms with Gasteiger partial charge in [0, 0.05) is 31.0 Å². The number of hydrogen-bond acceptors (Lipinski definition) is 5. The molecule has 0 radical (unpaired) electrons. The van der Waals surface area contributed by atoms with E-state index in [4.69, 9.17) is 4.74 Å². The standard InChI is InChI=1S/C24H26N4O3/c1-15-16(2)22(27-26-18(15)13-17-9-5-4-6-10-17)23(29)25-19-14-31-21-12-8-7-11-20(21)28(3)24(19)30/h4-12,15-16,19H,13-14H2,1-3H3,(H,25,29)/t15?,16-,19-/m0/s1. The van der Waals surface area contributed by atoms with Crippen molar-refractivity contribution in [2.75, 3.05) is 18.6 Å². The number of carbonyl (C=O) groups is 2. The van der Waals surface area contributed by atoms with Crippen LogP contribution in [-0.2, 0) is 16.0 Å². The Morgan fingerprint density at radius 2 is 1.77 bits per heavy atom. The molecular formula is C24H26N4O3. The highest BCUT2D eigenvalue weighted by atomic mass is 16.5. The molecule has 2 amide bonds. The van der Waals surface area contributed by atoms with Crippen molar-refractivity contribution >= 4 is 28.9 Å². The lowest BCUT2D eigenvalue weighted by Gasteiger charge is -2.27. The van der Waals surface area contributed by atoms with E-state index < -0.39 is 6.04 Å². The van der Waals surface area contributed by atoms with Crippen molar-refractivity contribution in [3.05, 3.63) is 60.2 Å². The first-order valence-electron chi connectivity index (χ1n) is 10.4. The quantitative estimate of drug-likeness (QED) is 0.829. The third-order valence-electron chi connectivity index (χ3n) is 6.02. The molecule has 0 saturated carbocycles. The number of ether oxygens (including phenoxy) is 1. The molecule has 3 atom stereocenters. The van der Waals surface area contributed by atoms with Gasteiger partial charge in [-0.2, -0.15) is 5.10 Å². The van der Waals surface area contributed by atoms with Crippen LogP contribution in [-0.4, -0.2) is 42.9 Å². The smallest absolute Gasteiger partial charge is 0.268 e. The van der Waals surface area contributed by atoms with Gasteiger partial charge in [0.25, 0.3) is 11.8 Å². The molecule has 7 nitrogen and oxygen atoms in total. The van der Waals surface area contributed by atoms with Crippen LogP contribution in [0.2, 0.25) is 0 Å². The van der Waals surface area contributed by atoms with Crippen LogP contribution in [0.4, 0.5) is 5.69 Å². The zero-order valence-electron chi connectivity index (χ0n) is 17.9. The molecule has 4 rings (SSSR count). The van der Waals surface area contributed by atoms with Crippen molar-refractivity contribution in [2.45, 2.75) is 26.3 Å². The topological polar surface area (TPSA) is 83.4 Å². The molecule has 160 valence electrons. The molecule has 0 saturated heterocycles. The normalized spacial score (nSPS) is 23.1. The van der Waals surface area contributed by atoms with Gasteiger partial charge in [0.1, 0.15) is 24.1 Å². The molecule has 0 bridgehead atoms. The lowest BCUT2D eigenvalue weighted by molar-refractivity contribution is -0.125. The number of nitrogens with one attached hydrogen (secondary N) is 1. The zero-order valence-corrected chi connectivity index (χ0v) is 17.9. The predicted molar refractivity (Wildman–Crippen MR) is 121 cm³/mol. The van der Waals surface area contributed by atoms with Gasteiger partial charge in [0.15, 0.2) is 0 Å². The van der Waals surface area contributed by atoms with E-state index >= 15 is 0 Å². The number of hydrogen-bond donors (Lipinski definition) is 1. The fourth-order valence-electron chi connectivity index (χ4n) is 3.87. The number of nitrogens with zero attached hydrogens (tertiary/aromatic N) is 3. The third kappa shape index (κ3) is 4.21. The highest BCUT2D eigenvalue weighted by molar-refractivity contribution is 6.40. The summed E-state index contributed by atoms with van der Waals surface area (Å²) in [7, 11) is 1.68. The Hall–Kier alpha value is -3.48. The Morgan fingerprint density at radius 3 is 2.55 bits per heavy atom. The first-order valence-corrected chi connectivity index (χ1v) is 10.4. The highest BCUT2D eigenvalue weighted by Gasteiger charge is 2.35. The van der Waals surface area contributed by atoms with Gasteiger partial charge in [-0.15, -0.1) is 5.10 Å².